The van der Waals surface area contributed by atoms with E-state index >= 15 is 0 Å². The Labute approximate surface area is 290 Å². The van der Waals surface area contributed by atoms with Crippen LogP contribution in [0.1, 0.15) is 25.7 Å². The predicted octanol–water partition coefficient (Wildman–Crippen LogP) is 6.15. The molecule has 4 aromatic heterocycles. The number of anilines is 5. The second kappa shape index (κ2) is 13.2. The van der Waals surface area contributed by atoms with Gasteiger partial charge in [-0.1, -0.05) is 7.92 Å². The number of hydrogen-bond donors (Lipinski definition) is 2. The summed E-state index contributed by atoms with van der Waals surface area (Å²) in [6.45, 7) is 6.34. The summed E-state index contributed by atoms with van der Waals surface area (Å²) in [5, 5.41) is 12.5. The molecule has 5 aromatic rings. The Morgan fingerprint density at radius 1 is 1.00 bits per heavy atom. The van der Waals surface area contributed by atoms with Crippen molar-refractivity contribution in [3.8, 4) is 17.0 Å². The first-order chi connectivity index (χ1) is 23.1. The molecule has 0 amide bonds. The van der Waals surface area contributed by atoms with Gasteiger partial charge in [0.05, 0.1) is 28.8 Å². The normalized spacial score (nSPS) is 16.1. The van der Waals surface area contributed by atoms with Gasteiger partial charge >= 0.3 is 0 Å². The molecule has 0 radical (unpaired) electrons. The van der Waals surface area contributed by atoms with Gasteiger partial charge in [0.25, 0.3) is 0 Å². The molecule has 1 saturated carbocycles. The number of aryl methyl sites for hydroxylation is 1. The number of ether oxygens (including phenoxy) is 1. The number of benzene rings is 1. The van der Waals surface area contributed by atoms with Gasteiger partial charge in [-0.25, -0.2) is 4.98 Å². The van der Waals surface area contributed by atoms with Crippen LogP contribution in [-0.2, 0) is 7.05 Å². The average molecular weight is 731 g/mol. The van der Waals surface area contributed by atoms with Crippen molar-refractivity contribution in [1.82, 2.24) is 39.6 Å². The molecule has 0 unspecified atom stereocenters. The standard InChI is InChI=1S/C34H41BrN11OP/c1-44(2)22-16-34(17-22)9-13-46(14-10-34)31-23(21-18-39-45(3)20-21)15-27(32(43-31)47-4)41-33-38-19-24(35)30(42-33)40-26-8-7-25-28(29(26)48(5)6)37-12-11-36-25/h7-8,11-12,15,18-20,22H,9-10,13-14,16-17H2,1-6H3,(H2,38,40,41,42). The van der Waals surface area contributed by atoms with Crippen molar-refractivity contribution in [2.24, 2.45) is 12.5 Å². The molecule has 1 aliphatic carbocycles. The molecule has 48 heavy (non-hydrogen) atoms. The number of fused-ring (bicyclic) bond motifs is 1. The third-order valence-corrected chi connectivity index (χ3v) is 11.6. The van der Waals surface area contributed by atoms with Crippen LogP contribution in [0.25, 0.3) is 22.2 Å². The Kier molecular flexibility index (Phi) is 8.95. The molecule has 2 aliphatic rings. The van der Waals surface area contributed by atoms with Gasteiger partial charge < -0.3 is 25.2 Å². The average Bonchev–Trinajstić information content (AvgIpc) is 3.50. The number of hydrogen-bond acceptors (Lipinski definition) is 11. The van der Waals surface area contributed by atoms with Crippen LogP contribution in [0, 0.1) is 5.41 Å². The third-order valence-electron chi connectivity index (χ3n) is 9.67. The predicted molar refractivity (Wildman–Crippen MR) is 198 cm³/mol. The fraction of sp³-hybridized carbons (Fsp3) is 0.412. The largest absolute Gasteiger partial charge is 0.479 e. The van der Waals surface area contributed by atoms with Crippen LogP contribution in [0.3, 0.4) is 0 Å². The highest BCUT2D eigenvalue weighted by Gasteiger charge is 2.46. The fourth-order valence-electron chi connectivity index (χ4n) is 6.99. The molecule has 1 aliphatic heterocycles. The molecule has 14 heteroatoms. The molecule has 1 aromatic carbocycles. The van der Waals surface area contributed by atoms with Gasteiger partial charge in [0.1, 0.15) is 17.3 Å². The summed E-state index contributed by atoms with van der Waals surface area (Å²) < 4.78 is 8.43. The Bertz CT molecular complexity index is 1950. The Morgan fingerprint density at radius 3 is 2.46 bits per heavy atom. The maximum absolute atomic E-state index is 5.87. The first-order valence-electron chi connectivity index (χ1n) is 16.1. The zero-order chi connectivity index (χ0) is 33.6. The number of rotatable bonds is 9. The van der Waals surface area contributed by atoms with Crippen LogP contribution < -0.4 is 25.6 Å². The first-order valence-corrected chi connectivity index (χ1v) is 19.1. The van der Waals surface area contributed by atoms with Crippen LogP contribution in [-0.4, -0.2) is 93.3 Å². The van der Waals surface area contributed by atoms with E-state index in [0.717, 1.165) is 56.5 Å². The quantitative estimate of drug-likeness (QED) is 0.170. The van der Waals surface area contributed by atoms with Crippen molar-refractivity contribution in [2.45, 2.75) is 31.7 Å². The van der Waals surface area contributed by atoms with Crippen LogP contribution in [0.4, 0.5) is 29.0 Å². The van der Waals surface area contributed by atoms with E-state index in [1.54, 1.807) is 25.7 Å². The summed E-state index contributed by atoms with van der Waals surface area (Å²) in [5.74, 6) is 2.42. The molecular weight excluding hydrogens is 689 g/mol. The first kappa shape index (κ1) is 32.6. The van der Waals surface area contributed by atoms with Crippen molar-refractivity contribution in [3.05, 3.63) is 53.7 Å². The Hall–Kier alpha value is -3.93. The molecule has 0 atom stereocenters. The lowest BCUT2D eigenvalue weighted by molar-refractivity contribution is 0.00481. The summed E-state index contributed by atoms with van der Waals surface area (Å²) in [4.78, 5) is 28.5. The summed E-state index contributed by atoms with van der Waals surface area (Å²) in [7, 11) is 7.47. The zero-order valence-electron chi connectivity index (χ0n) is 28.2. The topological polar surface area (TPSA) is 122 Å². The SMILES string of the molecule is COc1nc(N2CCC3(CC2)CC(N(C)C)C3)c(-c2cnn(C)c2)cc1Nc1ncc(Br)c(Nc2ccc3nccnc3c2P(C)C)n1. The smallest absolute Gasteiger partial charge is 0.239 e. The minimum Gasteiger partial charge on any atom is -0.479 e. The molecule has 5 heterocycles. The number of methoxy groups -OCH3 is 1. The molecule has 0 bridgehead atoms. The molecule has 2 N–H and O–H groups in total. The van der Waals surface area contributed by atoms with Gasteiger partial charge in [-0.3, -0.25) is 14.6 Å². The van der Waals surface area contributed by atoms with E-state index in [1.807, 2.05) is 36.3 Å². The number of piperidine rings is 1. The maximum Gasteiger partial charge on any atom is 0.239 e. The highest BCUT2D eigenvalue weighted by Crippen LogP contribution is 2.51. The highest BCUT2D eigenvalue weighted by atomic mass is 79.9. The van der Waals surface area contributed by atoms with Gasteiger partial charge in [-0.2, -0.15) is 15.1 Å². The molecule has 12 nitrogen and oxygen atoms in total. The molecular formula is C34H41BrN11OP. The van der Waals surface area contributed by atoms with Crippen molar-refractivity contribution < 1.29 is 4.74 Å². The van der Waals surface area contributed by atoms with Crippen LogP contribution in [0.15, 0.2) is 53.7 Å². The number of nitrogens with zero attached hydrogens (tertiary/aromatic N) is 9. The number of halogens is 1. The molecule has 1 spiro atoms. The van der Waals surface area contributed by atoms with E-state index in [4.69, 9.17) is 14.7 Å². The number of aromatic nitrogens is 7. The van der Waals surface area contributed by atoms with Gasteiger partial charge in [0.15, 0.2) is 0 Å². The highest BCUT2D eigenvalue weighted by molar-refractivity contribution is 9.10. The molecule has 250 valence electrons. The van der Waals surface area contributed by atoms with Crippen molar-refractivity contribution in [2.75, 3.05) is 63.2 Å². The minimum absolute atomic E-state index is 0.406. The molecule has 7 rings (SSSR count). The van der Waals surface area contributed by atoms with Crippen molar-refractivity contribution in [3.63, 3.8) is 0 Å². The van der Waals surface area contributed by atoms with Crippen LogP contribution >= 0.6 is 23.9 Å². The molecule has 1 saturated heterocycles. The summed E-state index contributed by atoms with van der Waals surface area (Å²) in [5.41, 5.74) is 5.80. The Balaban J connectivity index is 1.19. The summed E-state index contributed by atoms with van der Waals surface area (Å²) in [6.07, 6.45) is 14.0. The lowest BCUT2D eigenvalue weighted by Crippen LogP contribution is -2.53. The number of nitrogens with one attached hydrogen (secondary N) is 2. The lowest BCUT2D eigenvalue weighted by Gasteiger charge is -2.54. The maximum atomic E-state index is 5.87. The summed E-state index contributed by atoms with van der Waals surface area (Å²) >= 11 is 3.65. The molecule has 2 fully saturated rings. The summed E-state index contributed by atoms with van der Waals surface area (Å²) in [6, 6.07) is 6.79. The van der Waals surface area contributed by atoms with E-state index in [9.17, 15) is 0 Å². The monoisotopic (exact) mass is 729 g/mol. The van der Waals surface area contributed by atoms with Gasteiger partial charge in [-0.15, -0.1) is 0 Å². The second-order valence-electron chi connectivity index (χ2n) is 13.3. The van der Waals surface area contributed by atoms with Gasteiger partial charge in [0.2, 0.25) is 11.8 Å². The van der Waals surface area contributed by atoms with E-state index < -0.39 is 7.92 Å². The van der Waals surface area contributed by atoms with E-state index in [1.165, 1.54) is 25.7 Å². The fourth-order valence-corrected chi connectivity index (χ4v) is 8.49. The van der Waals surface area contributed by atoms with Crippen molar-refractivity contribution in [1.29, 1.82) is 0 Å². The van der Waals surface area contributed by atoms with E-state index in [0.29, 0.717) is 34.8 Å². The van der Waals surface area contributed by atoms with Gasteiger partial charge in [-0.05, 0) is 92.7 Å². The van der Waals surface area contributed by atoms with Crippen LogP contribution in [0.5, 0.6) is 5.88 Å². The van der Waals surface area contributed by atoms with Crippen LogP contribution in [0.2, 0.25) is 0 Å². The van der Waals surface area contributed by atoms with E-state index in [-0.39, 0.29) is 0 Å². The lowest BCUT2D eigenvalue weighted by atomic mass is 9.60. The zero-order valence-corrected chi connectivity index (χ0v) is 30.7. The van der Waals surface area contributed by atoms with Crippen molar-refractivity contribution >= 4 is 69.1 Å². The second-order valence-corrected chi connectivity index (χ2v) is 16.3. The third kappa shape index (κ3) is 6.31. The van der Waals surface area contributed by atoms with Gasteiger partial charge in [0, 0.05) is 73.1 Å². The number of pyridine rings is 1. The minimum atomic E-state index is -0.494. The van der Waals surface area contributed by atoms with E-state index in [2.05, 4.69) is 89.9 Å². The Morgan fingerprint density at radius 2 is 1.77 bits per heavy atom.